The number of nitrogens with one attached hydrogen (secondary N) is 1. The molecule has 2 aromatic heterocycles. The van der Waals surface area contributed by atoms with E-state index in [1.54, 1.807) is 0 Å². The van der Waals surface area contributed by atoms with Crippen molar-refractivity contribution in [2.75, 3.05) is 25.5 Å². The molecule has 1 N–H and O–H groups in total. The number of hydrogen-bond donors (Lipinski definition) is 1. The monoisotopic (exact) mass is 416 g/mol. The average Bonchev–Trinajstić information content (AvgIpc) is 3.36. The SMILES string of the molecule is C=C(CCC)Nc1cc2n(n1)C=CC(c1cc(C#N)ncc1CCC1CCN(C)C1)C2. The second-order valence-corrected chi connectivity index (χ2v) is 8.93. The van der Waals surface area contributed by atoms with Crippen LogP contribution in [0.2, 0.25) is 0 Å². The van der Waals surface area contributed by atoms with Crippen LogP contribution in [0.1, 0.15) is 61.0 Å². The topological polar surface area (TPSA) is 69.8 Å². The molecule has 0 aliphatic carbocycles. The van der Waals surface area contributed by atoms with E-state index in [1.807, 2.05) is 23.1 Å². The number of fused-ring (bicyclic) bond motifs is 1. The van der Waals surface area contributed by atoms with Crippen molar-refractivity contribution in [3.05, 3.63) is 59.2 Å². The molecule has 0 saturated carbocycles. The van der Waals surface area contributed by atoms with Gasteiger partial charge in [0.2, 0.25) is 0 Å². The number of likely N-dealkylation sites (tertiary alicyclic amines) is 1. The fourth-order valence-corrected chi connectivity index (χ4v) is 4.75. The van der Waals surface area contributed by atoms with Gasteiger partial charge in [-0.15, -0.1) is 0 Å². The second-order valence-electron chi connectivity index (χ2n) is 8.93. The number of aryl methyl sites for hydroxylation is 1. The lowest BCUT2D eigenvalue weighted by molar-refractivity contribution is 0.388. The molecule has 0 bridgehead atoms. The standard InChI is InChI=1S/C25H32N6/c1-4-5-18(2)28-25-14-23-12-20(9-11-31(23)29-25)24-13-22(15-26)27-16-21(24)7-6-19-8-10-30(3)17-19/h9,11,13-14,16,19-20H,2,4-8,10,12,17H2,1,3H3,(H,28,29). The molecule has 2 aromatic rings. The van der Waals surface area contributed by atoms with Gasteiger partial charge in [0.25, 0.3) is 0 Å². The minimum atomic E-state index is 0.229. The minimum absolute atomic E-state index is 0.229. The van der Waals surface area contributed by atoms with Crippen LogP contribution in [0.4, 0.5) is 5.82 Å². The molecule has 4 rings (SSSR count). The summed E-state index contributed by atoms with van der Waals surface area (Å²) < 4.78 is 1.94. The summed E-state index contributed by atoms with van der Waals surface area (Å²) in [5.74, 6) is 1.82. The molecule has 0 aromatic carbocycles. The van der Waals surface area contributed by atoms with E-state index in [1.165, 1.54) is 37.1 Å². The van der Waals surface area contributed by atoms with Gasteiger partial charge in [0, 0.05) is 48.7 Å². The smallest absolute Gasteiger partial charge is 0.152 e. The summed E-state index contributed by atoms with van der Waals surface area (Å²) in [6, 6.07) is 6.31. The Labute approximate surface area is 185 Å². The van der Waals surface area contributed by atoms with Gasteiger partial charge < -0.3 is 10.2 Å². The van der Waals surface area contributed by atoms with Crippen LogP contribution in [-0.4, -0.2) is 39.8 Å². The van der Waals surface area contributed by atoms with Gasteiger partial charge >= 0.3 is 0 Å². The summed E-state index contributed by atoms with van der Waals surface area (Å²) in [6.07, 6.45) is 12.5. The van der Waals surface area contributed by atoms with Crippen molar-refractivity contribution in [2.24, 2.45) is 5.92 Å². The van der Waals surface area contributed by atoms with E-state index in [0.29, 0.717) is 5.69 Å². The number of nitrogens with zero attached hydrogens (tertiary/aromatic N) is 5. The Morgan fingerprint density at radius 2 is 2.26 bits per heavy atom. The predicted octanol–water partition coefficient (Wildman–Crippen LogP) is 4.57. The van der Waals surface area contributed by atoms with E-state index < -0.39 is 0 Å². The lowest BCUT2D eigenvalue weighted by atomic mass is 9.87. The minimum Gasteiger partial charge on any atom is -0.343 e. The maximum atomic E-state index is 9.41. The Morgan fingerprint density at radius 3 is 3.00 bits per heavy atom. The molecule has 2 unspecified atom stereocenters. The van der Waals surface area contributed by atoms with Gasteiger partial charge in [-0.05, 0) is 62.4 Å². The van der Waals surface area contributed by atoms with Crippen molar-refractivity contribution in [1.29, 1.82) is 5.26 Å². The summed E-state index contributed by atoms with van der Waals surface area (Å²) >= 11 is 0. The van der Waals surface area contributed by atoms with Crippen molar-refractivity contribution in [2.45, 2.75) is 51.4 Å². The third kappa shape index (κ3) is 5.05. The number of allylic oxidation sites excluding steroid dienone is 2. The third-order valence-corrected chi connectivity index (χ3v) is 6.41. The van der Waals surface area contributed by atoms with Crippen LogP contribution in [0.25, 0.3) is 6.20 Å². The Hall–Kier alpha value is -2.91. The average molecular weight is 417 g/mol. The molecule has 0 amide bonds. The van der Waals surface area contributed by atoms with Crippen LogP contribution in [0.3, 0.4) is 0 Å². The van der Waals surface area contributed by atoms with Crippen LogP contribution in [-0.2, 0) is 12.8 Å². The maximum absolute atomic E-state index is 9.41. The lowest BCUT2D eigenvalue weighted by Gasteiger charge is -2.21. The molecule has 6 heteroatoms. The van der Waals surface area contributed by atoms with Crippen molar-refractivity contribution in [3.8, 4) is 6.07 Å². The first-order valence-corrected chi connectivity index (χ1v) is 11.3. The first-order valence-electron chi connectivity index (χ1n) is 11.3. The molecule has 6 nitrogen and oxygen atoms in total. The summed E-state index contributed by atoms with van der Waals surface area (Å²) in [5.41, 5.74) is 5.14. The molecule has 2 atom stereocenters. The van der Waals surface area contributed by atoms with Crippen LogP contribution in [0.5, 0.6) is 0 Å². The van der Waals surface area contributed by atoms with Crippen LogP contribution >= 0.6 is 0 Å². The first kappa shape index (κ1) is 21.3. The van der Waals surface area contributed by atoms with E-state index in [-0.39, 0.29) is 5.92 Å². The van der Waals surface area contributed by atoms with Crippen molar-refractivity contribution < 1.29 is 0 Å². The Bertz CT molecular complexity index is 1010. The first-order chi connectivity index (χ1) is 15.1. The fourth-order valence-electron chi connectivity index (χ4n) is 4.75. The van der Waals surface area contributed by atoms with Gasteiger partial charge in [-0.3, -0.25) is 0 Å². The van der Waals surface area contributed by atoms with Gasteiger partial charge in [0.1, 0.15) is 11.8 Å². The number of rotatable bonds is 8. The highest BCUT2D eigenvalue weighted by Gasteiger charge is 2.23. The Morgan fingerprint density at radius 1 is 1.39 bits per heavy atom. The largest absolute Gasteiger partial charge is 0.343 e. The maximum Gasteiger partial charge on any atom is 0.152 e. The van der Waals surface area contributed by atoms with Gasteiger partial charge in [-0.25, -0.2) is 9.67 Å². The molecule has 4 heterocycles. The molecule has 0 radical (unpaired) electrons. The van der Waals surface area contributed by atoms with Crippen molar-refractivity contribution in [3.63, 3.8) is 0 Å². The summed E-state index contributed by atoms with van der Waals surface area (Å²) in [6.45, 7) is 8.60. The summed E-state index contributed by atoms with van der Waals surface area (Å²) in [5, 5.41) is 17.4. The molecular weight excluding hydrogens is 384 g/mol. The van der Waals surface area contributed by atoms with E-state index in [4.69, 9.17) is 0 Å². The number of pyridine rings is 1. The normalized spacial score (nSPS) is 20.4. The van der Waals surface area contributed by atoms with Gasteiger partial charge in [-0.1, -0.05) is 26.0 Å². The highest BCUT2D eigenvalue weighted by Crippen LogP contribution is 2.32. The molecule has 1 fully saturated rings. The molecule has 0 spiro atoms. The van der Waals surface area contributed by atoms with Crippen molar-refractivity contribution in [1.82, 2.24) is 19.7 Å². The fraction of sp³-hybridized carbons (Fsp3) is 0.480. The summed E-state index contributed by atoms with van der Waals surface area (Å²) in [7, 11) is 2.20. The molecule has 1 saturated heterocycles. The second kappa shape index (κ2) is 9.49. The Kier molecular flexibility index (Phi) is 6.53. The molecule has 31 heavy (non-hydrogen) atoms. The lowest BCUT2D eigenvalue weighted by Crippen LogP contribution is -2.15. The highest BCUT2D eigenvalue weighted by atomic mass is 15.3. The third-order valence-electron chi connectivity index (χ3n) is 6.41. The molecular formula is C25H32N6. The zero-order chi connectivity index (χ0) is 21.8. The van der Waals surface area contributed by atoms with Gasteiger partial charge in [0.05, 0.1) is 0 Å². The quantitative estimate of drug-likeness (QED) is 0.683. The number of nitriles is 1. The number of hydrogen-bond acceptors (Lipinski definition) is 5. The van der Waals surface area contributed by atoms with Gasteiger partial charge in [0.15, 0.2) is 5.82 Å². The van der Waals surface area contributed by atoms with Crippen LogP contribution in [0.15, 0.2) is 36.7 Å². The Balaban J connectivity index is 1.51. The van der Waals surface area contributed by atoms with E-state index >= 15 is 0 Å². The molecule has 162 valence electrons. The van der Waals surface area contributed by atoms with Crippen LogP contribution < -0.4 is 5.32 Å². The zero-order valence-corrected chi connectivity index (χ0v) is 18.6. The number of aromatic nitrogens is 3. The van der Waals surface area contributed by atoms with E-state index in [0.717, 1.165) is 48.8 Å². The molecule has 2 aliphatic rings. The highest BCUT2D eigenvalue weighted by molar-refractivity contribution is 5.49. The predicted molar refractivity (Wildman–Crippen MR) is 125 cm³/mol. The summed E-state index contributed by atoms with van der Waals surface area (Å²) in [4.78, 5) is 6.79. The van der Waals surface area contributed by atoms with Gasteiger partial charge in [-0.2, -0.15) is 10.4 Å². The van der Waals surface area contributed by atoms with Crippen molar-refractivity contribution >= 4 is 12.0 Å². The van der Waals surface area contributed by atoms with E-state index in [2.05, 4.69) is 59.1 Å². The zero-order valence-electron chi connectivity index (χ0n) is 18.6. The van der Waals surface area contributed by atoms with Crippen LogP contribution in [0, 0.1) is 17.2 Å². The van der Waals surface area contributed by atoms with E-state index in [9.17, 15) is 5.26 Å². The number of anilines is 1. The molecule has 2 aliphatic heterocycles.